The Bertz CT molecular complexity index is 1160. The molecule has 0 saturated carbocycles. The van der Waals surface area contributed by atoms with E-state index < -0.39 is 10.0 Å². The Labute approximate surface area is 180 Å². The third-order valence-electron chi connectivity index (χ3n) is 5.27. The molecule has 158 valence electrons. The molecule has 1 atom stereocenters. The van der Waals surface area contributed by atoms with Crippen LogP contribution in [0.25, 0.3) is 11.4 Å². The summed E-state index contributed by atoms with van der Waals surface area (Å²) in [4.78, 5) is 4.76. The maximum Gasteiger partial charge on any atom is 0.243 e. The smallest absolute Gasteiger partial charge is 0.243 e. The largest absolute Gasteiger partial charge is 0.497 e. The lowest BCUT2D eigenvalue weighted by molar-refractivity contribution is 0.265. The van der Waals surface area contributed by atoms with E-state index in [1.807, 2.05) is 24.3 Å². The van der Waals surface area contributed by atoms with E-state index in [-0.39, 0.29) is 17.4 Å². The molecule has 2 heterocycles. The van der Waals surface area contributed by atoms with E-state index in [2.05, 4.69) is 10.1 Å². The van der Waals surface area contributed by atoms with Crippen LogP contribution in [0.4, 0.5) is 0 Å². The third-order valence-corrected chi connectivity index (χ3v) is 7.51. The first-order chi connectivity index (χ1) is 14.4. The van der Waals surface area contributed by atoms with Crippen LogP contribution in [0.2, 0.25) is 5.02 Å². The number of methoxy groups -OCH3 is 1. The Hall–Kier alpha value is -2.42. The molecule has 0 amide bonds. The summed E-state index contributed by atoms with van der Waals surface area (Å²) >= 11 is 6.04. The first-order valence-electron chi connectivity index (χ1n) is 9.63. The van der Waals surface area contributed by atoms with Crippen LogP contribution >= 0.6 is 11.6 Å². The third kappa shape index (κ3) is 4.08. The highest BCUT2D eigenvalue weighted by molar-refractivity contribution is 7.89. The molecule has 3 aromatic rings. The molecule has 0 radical (unpaired) electrons. The lowest BCUT2D eigenvalue weighted by atomic mass is 10.00. The highest BCUT2D eigenvalue weighted by Crippen LogP contribution is 2.32. The lowest BCUT2D eigenvalue weighted by Crippen LogP contribution is -2.39. The molecule has 1 fully saturated rings. The molecule has 1 aliphatic rings. The summed E-state index contributed by atoms with van der Waals surface area (Å²) in [6.07, 6.45) is 1.49. The number of nitrogens with zero attached hydrogens (tertiary/aromatic N) is 3. The second-order valence-corrected chi connectivity index (χ2v) is 9.64. The Kier molecular flexibility index (Phi) is 5.81. The predicted molar refractivity (Wildman–Crippen MR) is 113 cm³/mol. The van der Waals surface area contributed by atoms with Crippen LogP contribution in [0.5, 0.6) is 5.75 Å². The van der Waals surface area contributed by atoms with Crippen molar-refractivity contribution < 1.29 is 17.7 Å². The van der Waals surface area contributed by atoms with Crippen molar-refractivity contribution in [2.24, 2.45) is 0 Å². The molecule has 0 aliphatic carbocycles. The second-order valence-electron chi connectivity index (χ2n) is 7.30. The van der Waals surface area contributed by atoms with Crippen molar-refractivity contribution in [1.29, 1.82) is 0 Å². The van der Waals surface area contributed by atoms with Gasteiger partial charge in [0.1, 0.15) is 5.75 Å². The van der Waals surface area contributed by atoms with Crippen molar-refractivity contribution in [2.75, 3.05) is 20.2 Å². The van der Waals surface area contributed by atoms with Gasteiger partial charge in [-0.3, -0.25) is 0 Å². The Morgan fingerprint density at radius 2 is 2.07 bits per heavy atom. The van der Waals surface area contributed by atoms with Gasteiger partial charge in [0.25, 0.3) is 0 Å². The highest BCUT2D eigenvalue weighted by Gasteiger charge is 2.34. The van der Waals surface area contributed by atoms with Gasteiger partial charge in [-0.25, -0.2) is 8.42 Å². The van der Waals surface area contributed by atoms with E-state index in [0.29, 0.717) is 41.0 Å². The number of aryl methyl sites for hydroxylation is 1. The number of rotatable bonds is 5. The minimum absolute atomic E-state index is 0.167. The van der Waals surface area contributed by atoms with Crippen LogP contribution in [0.3, 0.4) is 0 Å². The summed E-state index contributed by atoms with van der Waals surface area (Å²) < 4.78 is 38.7. The van der Waals surface area contributed by atoms with Crippen LogP contribution in [0, 0.1) is 6.92 Å². The lowest BCUT2D eigenvalue weighted by Gasteiger charge is -2.30. The van der Waals surface area contributed by atoms with Gasteiger partial charge in [0, 0.05) is 23.7 Å². The van der Waals surface area contributed by atoms with Gasteiger partial charge in [-0.2, -0.15) is 9.29 Å². The van der Waals surface area contributed by atoms with E-state index in [1.165, 1.54) is 10.4 Å². The molecule has 0 unspecified atom stereocenters. The van der Waals surface area contributed by atoms with Gasteiger partial charge in [-0.1, -0.05) is 35.0 Å². The molecular formula is C21H22ClN3O4S. The summed E-state index contributed by atoms with van der Waals surface area (Å²) in [5.41, 5.74) is 1.44. The molecule has 7 nitrogen and oxygen atoms in total. The van der Waals surface area contributed by atoms with Gasteiger partial charge < -0.3 is 9.26 Å². The number of hydrogen-bond acceptors (Lipinski definition) is 6. The molecule has 9 heteroatoms. The topological polar surface area (TPSA) is 85.5 Å². The van der Waals surface area contributed by atoms with Crippen molar-refractivity contribution in [3.05, 3.63) is 58.9 Å². The molecule has 1 saturated heterocycles. The van der Waals surface area contributed by atoms with Gasteiger partial charge in [-0.05, 0) is 49.6 Å². The second kappa shape index (κ2) is 8.37. The summed E-state index contributed by atoms with van der Waals surface area (Å²) in [6, 6.07) is 12.3. The summed E-state index contributed by atoms with van der Waals surface area (Å²) in [5, 5.41) is 4.48. The molecular weight excluding hydrogens is 426 g/mol. The Morgan fingerprint density at radius 3 is 2.87 bits per heavy atom. The average Bonchev–Trinajstić information content (AvgIpc) is 3.26. The van der Waals surface area contributed by atoms with E-state index in [9.17, 15) is 8.42 Å². The van der Waals surface area contributed by atoms with Gasteiger partial charge >= 0.3 is 0 Å². The van der Waals surface area contributed by atoms with Gasteiger partial charge in [-0.15, -0.1) is 0 Å². The van der Waals surface area contributed by atoms with E-state index in [1.54, 1.807) is 26.2 Å². The van der Waals surface area contributed by atoms with Crippen molar-refractivity contribution >= 4 is 21.6 Å². The predicted octanol–water partition coefficient (Wildman–Crippen LogP) is 4.28. The number of piperidine rings is 1. The molecule has 1 aliphatic heterocycles. The zero-order valence-electron chi connectivity index (χ0n) is 16.7. The van der Waals surface area contributed by atoms with Crippen molar-refractivity contribution in [1.82, 2.24) is 14.4 Å². The van der Waals surface area contributed by atoms with Crippen LogP contribution < -0.4 is 4.74 Å². The molecule has 2 aromatic carbocycles. The SMILES string of the molecule is COc1cccc(-c2noc([C@@H]3CCCN(S(=O)(=O)c4cc(Cl)ccc4C)C3)n2)c1. The van der Waals surface area contributed by atoms with Gasteiger partial charge in [0.15, 0.2) is 0 Å². The normalized spacial score (nSPS) is 17.8. The quantitative estimate of drug-likeness (QED) is 0.580. The minimum Gasteiger partial charge on any atom is -0.497 e. The van der Waals surface area contributed by atoms with Gasteiger partial charge in [0.05, 0.1) is 17.9 Å². The number of hydrogen-bond donors (Lipinski definition) is 0. The number of benzene rings is 2. The number of aromatic nitrogens is 2. The maximum atomic E-state index is 13.2. The fourth-order valence-corrected chi connectivity index (χ4v) is 5.65. The summed E-state index contributed by atoms with van der Waals surface area (Å²) in [7, 11) is -2.07. The zero-order chi connectivity index (χ0) is 21.3. The average molecular weight is 448 g/mol. The van der Waals surface area contributed by atoms with Crippen molar-refractivity contribution in [3.8, 4) is 17.1 Å². The monoisotopic (exact) mass is 447 g/mol. The molecule has 0 spiro atoms. The molecule has 4 rings (SSSR count). The van der Waals surface area contributed by atoms with Crippen LogP contribution in [0.15, 0.2) is 51.9 Å². The first-order valence-corrected chi connectivity index (χ1v) is 11.4. The van der Waals surface area contributed by atoms with Crippen molar-refractivity contribution in [2.45, 2.75) is 30.6 Å². The Balaban J connectivity index is 1.57. The number of sulfonamides is 1. The minimum atomic E-state index is -3.67. The number of halogens is 1. The van der Waals surface area contributed by atoms with E-state index >= 15 is 0 Å². The standard InChI is InChI=1S/C21H22ClN3O4S/c1-14-8-9-17(22)12-19(14)30(26,27)25-10-4-6-16(13-25)21-23-20(24-29-21)15-5-3-7-18(11-15)28-2/h3,5,7-9,11-12,16H,4,6,10,13H2,1-2H3/t16-/m1/s1. The van der Waals surface area contributed by atoms with Crippen LogP contribution in [-0.2, 0) is 10.0 Å². The molecule has 1 aromatic heterocycles. The van der Waals surface area contributed by atoms with E-state index in [0.717, 1.165) is 12.0 Å². The summed E-state index contributed by atoms with van der Waals surface area (Å²) in [6.45, 7) is 2.50. The van der Waals surface area contributed by atoms with Gasteiger partial charge in [0.2, 0.25) is 21.7 Å². The first kappa shape index (κ1) is 20.8. The summed E-state index contributed by atoms with van der Waals surface area (Å²) in [5.74, 6) is 1.43. The fourth-order valence-electron chi connectivity index (χ4n) is 3.63. The molecule has 0 bridgehead atoms. The van der Waals surface area contributed by atoms with Crippen LogP contribution in [-0.4, -0.2) is 43.1 Å². The Morgan fingerprint density at radius 1 is 1.23 bits per heavy atom. The van der Waals surface area contributed by atoms with Crippen LogP contribution in [0.1, 0.15) is 30.2 Å². The fraction of sp³-hybridized carbons (Fsp3) is 0.333. The highest BCUT2D eigenvalue weighted by atomic mass is 35.5. The van der Waals surface area contributed by atoms with E-state index in [4.69, 9.17) is 20.9 Å². The van der Waals surface area contributed by atoms with Crippen molar-refractivity contribution in [3.63, 3.8) is 0 Å². The molecule has 30 heavy (non-hydrogen) atoms. The molecule has 0 N–H and O–H groups in total. The zero-order valence-corrected chi connectivity index (χ0v) is 18.3. The number of ether oxygens (including phenoxy) is 1. The maximum absolute atomic E-state index is 13.2.